The maximum Gasteiger partial charge on any atom is 0.216 e. The van der Waals surface area contributed by atoms with Crippen molar-refractivity contribution in [3.63, 3.8) is 0 Å². The van der Waals surface area contributed by atoms with E-state index in [1.54, 1.807) is 20.8 Å². The average molecular weight is 208 g/mol. The Morgan fingerprint density at radius 1 is 1.15 bits per heavy atom. The molecule has 4 nitrogen and oxygen atoms in total. The van der Waals surface area contributed by atoms with Crippen molar-refractivity contribution < 1.29 is 8.42 Å². The Morgan fingerprint density at radius 2 is 1.69 bits per heavy atom. The van der Waals surface area contributed by atoms with Crippen LogP contribution in [0.15, 0.2) is 0 Å². The van der Waals surface area contributed by atoms with Crippen LogP contribution in [0.2, 0.25) is 0 Å². The van der Waals surface area contributed by atoms with Crippen molar-refractivity contribution in [1.29, 1.82) is 0 Å². The van der Waals surface area contributed by atoms with Crippen LogP contribution in [0, 0.1) is 0 Å². The smallest absolute Gasteiger partial charge is 0.216 e. The Labute approximate surface area is 81.2 Å². The SMILES string of the molecule is CNCCCNS(=O)(=O)C(C)(C)C. The van der Waals surface area contributed by atoms with Crippen molar-refractivity contribution >= 4 is 10.0 Å². The summed E-state index contributed by atoms with van der Waals surface area (Å²) in [6, 6.07) is 0. The number of nitrogens with one attached hydrogen (secondary N) is 2. The Balaban J connectivity index is 3.92. The van der Waals surface area contributed by atoms with Gasteiger partial charge >= 0.3 is 0 Å². The van der Waals surface area contributed by atoms with Gasteiger partial charge in [0.05, 0.1) is 4.75 Å². The van der Waals surface area contributed by atoms with Crippen molar-refractivity contribution in [3.05, 3.63) is 0 Å². The maximum absolute atomic E-state index is 11.5. The zero-order chi connectivity index (χ0) is 10.5. The monoisotopic (exact) mass is 208 g/mol. The Bertz CT molecular complexity index is 229. The lowest BCUT2D eigenvalue weighted by Gasteiger charge is -2.19. The normalized spacial score (nSPS) is 13.2. The van der Waals surface area contributed by atoms with Crippen molar-refractivity contribution in [3.8, 4) is 0 Å². The molecule has 0 heterocycles. The summed E-state index contributed by atoms with van der Waals surface area (Å²) in [5, 5.41) is 2.96. The van der Waals surface area contributed by atoms with Crippen molar-refractivity contribution in [2.45, 2.75) is 31.9 Å². The molecule has 2 N–H and O–H groups in total. The van der Waals surface area contributed by atoms with E-state index in [-0.39, 0.29) is 0 Å². The van der Waals surface area contributed by atoms with E-state index in [2.05, 4.69) is 10.0 Å². The minimum Gasteiger partial charge on any atom is -0.320 e. The van der Waals surface area contributed by atoms with Crippen LogP contribution in [-0.4, -0.2) is 33.3 Å². The molecule has 0 unspecified atom stereocenters. The lowest BCUT2D eigenvalue weighted by Crippen LogP contribution is -2.40. The van der Waals surface area contributed by atoms with Crippen LogP contribution >= 0.6 is 0 Å². The van der Waals surface area contributed by atoms with Gasteiger partial charge in [-0.05, 0) is 40.8 Å². The lowest BCUT2D eigenvalue weighted by molar-refractivity contribution is 0.542. The predicted octanol–water partition coefficient (Wildman–Crippen LogP) is 0.314. The molecule has 0 rings (SSSR count). The molecule has 13 heavy (non-hydrogen) atoms. The summed E-state index contributed by atoms with van der Waals surface area (Å²) >= 11 is 0. The van der Waals surface area contributed by atoms with Gasteiger partial charge in [0.15, 0.2) is 0 Å². The summed E-state index contributed by atoms with van der Waals surface area (Å²) in [5.41, 5.74) is 0. The third-order valence-corrected chi connectivity index (χ3v) is 3.90. The van der Waals surface area contributed by atoms with E-state index in [0.717, 1.165) is 13.0 Å². The first-order valence-corrected chi connectivity index (χ1v) is 5.93. The lowest BCUT2D eigenvalue weighted by atomic mass is 10.3. The minimum absolute atomic E-state index is 0.500. The number of hydrogen-bond donors (Lipinski definition) is 2. The first-order chi connectivity index (χ1) is 5.81. The Hall–Kier alpha value is -0.130. The molecule has 0 spiro atoms. The number of sulfonamides is 1. The fraction of sp³-hybridized carbons (Fsp3) is 1.00. The van der Waals surface area contributed by atoms with Gasteiger partial charge in [0.2, 0.25) is 10.0 Å². The summed E-state index contributed by atoms with van der Waals surface area (Å²) in [6.07, 6.45) is 0.811. The third kappa shape index (κ3) is 4.59. The third-order valence-electron chi connectivity index (χ3n) is 1.70. The van der Waals surface area contributed by atoms with E-state index in [1.807, 2.05) is 7.05 Å². The zero-order valence-electron chi connectivity index (χ0n) is 8.85. The van der Waals surface area contributed by atoms with Crippen LogP contribution in [0.4, 0.5) is 0 Å². The zero-order valence-corrected chi connectivity index (χ0v) is 9.66. The van der Waals surface area contributed by atoms with Crippen LogP contribution in [0.25, 0.3) is 0 Å². The van der Waals surface area contributed by atoms with Gasteiger partial charge in [-0.15, -0.1) is 0 Å². The highest BCUT2D eigenvalue weighted by molar-refractivity contribution is 7.90. The van der Waals surface area contributed by atoms with Crippen LogP contribution in [0.1, 0.15) is 27.2 Å². The van der Waals surface area contributed by atoms with Gasteiger partial charge < -0.3 is 5.32 Å². The second-order valence-corrected chi connectivity index (χ2v) is 6.49. The molecule has 0 aromatic heterocycles. The number of hydrogen-bond acceptors (Lipinski definition) is 3. The van der Waals surface area contributed by atoms with Crippen LogP contribution < -0.4 is 10.0 Å². The topological polar surface area (TPSA) is 58.2 Å². The van der Waals surface area contributed by atoms with Crippen LogP contribution in [0.5, 0.6) is 0 Å². The molecule has 0 aliphatic carbocycles. The van der Waals surface area contributed by atoms with Crippen molar-refractivity contribution in [2.75, 3.05) is 20.1 Å². The van der Waals surface area contributed by atoms with Gasteiger partial charge in [0.1, 0.15) is 0 Å². The van der Waals surface area contributed by atoms with Gasteiger partial charge in [-0.3, -0.25) is 0 Å². The van der Waals surface area contributed by atoms with E-state index in [1.165, 1.54) is 0 Å². The largest absolute Gasteiger partial charge is 0.320 e. The summed E-state index contributed by atoms with van der Waals surface area (Å²) < 4.78 is 24.8. The minimum atomic E-state index is -3.16. The standard InChI is InChI=1S/C8H20N2O2S/c1-8(2,3)13(11,12)10-7-5-6-9-4/h9-10H,5-7H2,1-4H3. The van der Waals surface area contributed by atoms with Gasteiger partial charge in [-0.25, -0.2) is 13.1 Å². The molecule has 80 valence electrons. The summed E-state index contributed by atoms with van der Waals surface area (Å²) in [6.45, 7) is 6.39. The molecule has 0 aromatic rings. The van der Waals surface area contributed by atoms with Crippen molar-refractivity contribution in [2.24, 2.45) is 0 Å². The molecule has 0 radical (unpaired) electrons. The van der Waals surface area contributed by atoms with Crippen LogP contribution in [0.3, 0.4) is 0 Å². The average Bonchev–Trinajstić information content (AvgIpc) is 1.96. The fourth-order valence-electron chi connectivity index (χ4n) is 0.688. The first-order valence-electron chi connectivity index (χ1n) is 4.45. The summed E-state index contributed by atoms with van der Waals surface area (Å²) in [4.78, 5) is 0. The molecule has 0 saturated carbocycles. The van der Waals surface area contributed by atoms with Gasteiger partial charge in [-0.1, -0.05) is 0 Å². The molecule has 0 atom stereocenters. The molecule has 0 fully saturated rings. The molecule has 0 bridgehead atoms. The second kappa shape index (κ2) is 4.93. The van der Waals surface area contributed by atoms with E-state index >= 15 is 0 Å². The molecule has 0 aliphatic heterocycles. The highest BCUT2D eigenvalue weighted by Gasteiger charge is 2.27. The molecule has 0 aromatic carbocycles. The van der Waals surface area contributed by atoms with Gasteiger partial charge in [0.25, 0.3) is 0 Å². The summed E-state index contributed by atoms with van der Waals surface area (Å²) in [5.74, 6) is 0. The Kier molecular flexibility index (Phi) is 4.88. The second-order valence-electron chi connectivity index (χ2n) is 3.97. The predicted molar refractivity (Wildman–Crippen MR) is 55.2 cm³/mol. The summed E-state index contributed by atoms with van der Waals surface area (Å²) in [7, 11) is -1.31. The van der Waals surface area contributed by atoms with Crippen molar-refractivity contribution in [1.82, 2.24) is 10.0 Å². The molecular weight excluding hydrogens is 188 g/mol. The molecule has 5 heteroatoms. The van der Waals surface area contributed by atoms with Gasteiger partial charge in [-0.2, -0.15) is 0 Å². The van der Waals surface area contributed by atoms with Gasteiger partial charge in [0, 0.05) is 6.54 Å². The highest BCUT2D eigenvalue weighted by atomic mass is 32.2. The van der Waals surface area contributed by atoms with E-state index < -0.39 is 14.8 Å². The fourth-order valence-corrected chi connectivity index (χ4v) is 1.53. The molecular formula is C8H20N2O2S. The van der Waals surface area contributed by atoms with E-state index in [0.29, 0.717) is 6.54 Å². The quantitative estimate of drug-likeness (QED) is 0.639. The molecule has 0 saturated heterocycles. The van der Waals surface area contributed by atoms with E-state index in [4.69, 9.17) is 0 Å². The maximum atomic E-state index is 11.5. The number of rotatable bonds is 5. The Morgan fingerprint density at radius 3 is 2.08 bits per heavy atom. The van der Waals surface area contributed by atoms with Crippen LogP contribution in [-0.2, 0) is 10.0 Å². The highest BCUT2D eigenvalue weighted by Crippen LogP contribution is 2.12. The molecule has 0 aliphatic rings. The first kappa shape index (κ1) is 12.9. The molecule has 0 amide bonds. The van der Waals surface area contributed by atoms with E-state index in [9.17, 15) is 8.42 Å².